The zero-order chi connectivity index (χ0) is 16.6. The van der Waals surface area contributed by atoms with E-state index in [0.717, 1.165) is 5.56 Å². The minimum atomic E-state index is -0.103. The van der Waals surface area contributed by atoms with Crippen molar-refractivity contribution >= 4 is 35.2 Å². The number of likely N-dealkylation sites (tertiary alicyclic amines) is 1. The van der Waals surface area contributed by atoms with Crippen molar-refractivity contribution in [3.05, 3.63) is 42.0 Å². The normalized spacial score (nSPS) is 17.2. The largest absolute Gasteiger partial charge is 0.482 e. The minimum Gasteiger partial charge on any atom is -0.482 e. The lowest BCUT2D eigenvalue weighted by molar-refractivity contribution is -0.131. The molecule has 2 aliphatic rings. The van der Waals surface area contributed by atoms with Crippen molar-refractivity contribution in [2.45, 2.75) is 0 Å². The van der Waals surface area contributed by atoms with Gasteiger partial charge in [0.1, 0.15) is 5.75 Å². The summed E-state index contributed by atoms with van der Waals surface area (Å²) in [5.41, 5.74) is 1.44. The molecule has 3 rings (SSSR count). The van der Waals surface area contributed by atoms with Crippen LogP contribution in [0.15, 0.2) is 31.4 Å². The minimum absolute atomic E-state index is 0.00718. The Bertz CT molecular complexity index is 695. The zero-order valence-electron chi connectivity index (χ0n) is 12.6. The van der Waals surface area contributed by atoms with Crippen molar-refractivity contribution in [3.8, 4) is 5.75 Å². The molecule has 0 aromatic heterocycles. The molecule has 0 saturated carbocycles. The van der Waals surface area contributed by atoms with Crippen molar-refractivity contribution in [1.82, 2.24) is 4.90 Å². The molecule has 0 atom stereocenters. The van der Waals surface area contributed by atoms with E-state index in [-0.39, 0.29) is 24.3 Å². The predicted octanol–water partition coefficient (Wildman–Crippen LogP) is 2.35. The standard InChI is InChI=1S/C17H17ClN2O3/c1-3-12-5-15-14(6-13(12)18)20(17(22)10-23-15)9-11-7-19(8-11)16(21)4-2/h3-6,11H,1-2,7-10H2. The smallest absolute Gasteiger partial charge is 0.265 e. The number of hydrogen-bond donors (Lipinski definition) is 0. The van der Waals surface area contributed by atoms with Gasteiger partial charge in [0.15, 0.2) is 6.61 Å². The molecule has 1 aromatic carbocycles. The topological polar surface area (TPSA) is 49.9 Å². The lowest BCUT2D eigenvalue weighted by atomic mass is 9.98. The van der Waals surface area contributed by atoms with E-state index in [1.807, 2.05) is 0 Å². The van der Waals surface area contributed by atoms with Gasteiger partial charge in [0.2, 0.25) is 5.91 Å². The fourth-order valence-corrected chi connectivity index (χ4v) is 3.08. The van der Waals surface area contributed by atoms with Crippen LogP contribution in [0.3, 0.4) is 0 Å². The van der Waals surface area contributed by atoms with Gasteiger partial charge in [0.25, 0.3) is 5.91 Å². The number of carbonyl (C=O) groups is 2. The van der Waals surface area contributed by atoms with Gasteiger partial charge in [-0.3, -0.25) is 9.59 Å². The average molecular weight is 333 g/mol. The molecular weight excluding hydrogens is 316 g/mol. The maximum absolute atomic E-state index is 12.2. The van der Waals surface area contributed by atoms with E-state index in [1.165, 1.54) is 6.08 Å². The molecule has 120 valence electrons. The van der Waals surface area contributed by atoms with Gasteiger partial charge in [-0.25, -0.2) is 0 Å². The van der Waals surface area contributed by atoms with Gasteiger partial charge in [-0.1, -0.05) is 30.8 Å². The monoisotopic (exact) mass is 332 g/mol. The van der Waals surface area contributed by atoms with Gasteiger partial charge in [0, 0.05) is 25.6 Å². The summed E-state index contributed by atoms with van der Waals surface area (Å²) in [5.74, 6) is 0.691. The van der Waals surface area contributed by atoms with Gasteiger partial charge in [-0.2, -0.15) is 0 Å². The second-order valence-corrected chi connectivity index (χ2v) is 6.06. The number of rotatable bonds is 4. The molecule has 0 bridgehead atoms. The third-order valence-corrected chi connectivity index (χ3v) is 4.45. The number of carbonyl (C=O) groups excluding carboxylic acids is 2. The Morgan fingerprint density at radius 2 is 2.13 bits per heavy atom. The Morgan fingerprint density at radius 1 is 1.39 bits per heavy atom. The number of anilines is 1. The van der Waals surface area contributed by atoms with Crippen LogP contribution in [0.4, 0.5) is 5.69 Å². The van der Waals surface area contributed by atoms with Crippen LogP contribution in [0.2, 0.25) is 5.02 Å². The van der Waals surface area contributed by atoms with Crippen molar-refractivity contribution in [2.24, 2.45) is 5.92 Å². The first-order valence-electron chi connectivity index (χ1n) is 7.34. The van der Waals surface area contributed by atoms with Crippen molar-refractivity contribution in [3.63, 3.8) is 0 Å². The molecule has 23 heavy (non-hydrogen) atoms. The van der Waals surface area contributed by atoms with Gasteiger partial charge in [-0.05, 0) is 23.8 Å². The van der Waals surface area contributed by atoms with E-state index in [1.54, 1.807) is 28.0 Å². The highest BCUT2D eigenvalue weighted by atomic mass is 35.5. The first-order valence-corrected chi connectivity index (χ1v) is 7.71. The molecule has 2 aliphatic heterocycles. The highest BCUT2D eigenvalue weighted by molar-refractivity contribution is 6.32. The number of ether oxygens (including phenoxy) is 1. The maximum Gasteiger partial charge on any atom is 0.265 e. The van der Waals surface area contributed by atoms with Gasteiger partial charge < -0.3 is 14.5 Å². The third kappa shape index (κ3) is 2.84. The predicted molar refractivity (Wildman–Crippen MR) is 89.7 cm³/mol. The Labute approximate surface area is 139 Å². The number of nitrogens with zero attached hydrogens (tertiary/aromatic N) is 2. The van der Waals surface area contributed by atoms with Crippen molar-refractivity contribution < 1.29 is 14.3 Å². The van der Waals surface area contributed by atoms with Crippen LogP contribution in [-0.2, 0) is 9.59 Å². The van der Waals surface area contributed by atoms with Crippen LogP contribution in [0.25, 0.3) is 6.08 Å². The molecule has 1 aromatic rings. The molecular formula is C17H17ClN2O3. The number of halogens is 1. The Hall–Kier alpha value is -2.27. The van der Waals surface area contributed by atoms with Gasteiger partial charge >= 0.3 is 0 Å². The lowest BCUT2D eigenvalue weighted by Gasteiger charge is -2.42. The Kier molecular flexibility index (Phi) is 4.13. The molecule has 2 heterocycles. The fourth-order valence-electron chi connectivity index (χ4n) is 2.85. The van der Waals surface area contributed by atoms with Crippen LogP contribution in [0.1, 0.15) is 5.56 Å². The molecule has 2 amide bonds. The molecule has 5 nitrogen and oxygen atoms in total. The number of benzene rings is 1. The SMILES string of the molecule is C=CC(=O)N1CC(CN2C(=O)COc3cc(C=C)c(Cl)cc32)C1. The molecule has 0 radical (unpaired) electrons. The molecule has 0 N–H and O–H groups in total. The maximum atomic E-state index is 12.2. The van der Waals surface area contributed by atoms with E-state index in [0.29, 0.717) is 36.1 Å². The molecule has 1 saturated heterocycles. The average Bonchev–Trinajstić information content (AvgIpc) is 2.51. The van der Waals surface area contributed by atoms with Crippen molar-refractivity contribution in [2.75, 3.05) is 31.1 Å². The first-order chi connectivity index (χ1) is 11.0. The second kappa shape index (κ2) is 6.08. The van der Waals surface area contributed by atoms with E-state index in [4.69, 9.17) is 16.3 Å². The summed E-state index contributed by atoms with van der Waals surface area (Å²) in [6, 6.07) is 3.52. The van der Waals surface area contributed by atoms with E-state index in [9.17, 15) is 9.59 Å². The van der Waals surface area contributed by atoms with E-state index >= 15 is 0 Å². The molecule has 6 heteroatoms. The van der Waals surface area contributed by atoms with Crippen molar-refractivity contribution in [1.29, 1.82) is 0 Å². The van der Waals surface area contributed by atoms with Crippen LogP contribution < -0.4 is 9.64 Å². The highest BCUT2D eigenvalue weighted by Gasteiger charge is 2.35. The Morgan fingerprint density at radius 3 is 2.78 bits per heavy atom. The molecule has 1 fully saturated rings. The van der Waals surface area contributed by atoms with Crippen LogP contribution in [0, 0.1) is 5.92 Å². The fraction of sp³-hybridized carbons (Fsp3) is 0.294. The zero-order valence-corrected chi connectivity index (χ0v) is 13.4. The quantitative estimate of drug-likeness (QED) is 0.795. The summed E-state index contributed by atoms with van der Waals surface area (Å²) in [6.45, 7) is 8.99. The summed E-state index contributed by atoms with van der Waals surface area (Å²) < 4.78 is 5.50. The number of fused-ring (bicyclic) bond motifs is 1. The first kappa shape index (κ1) is 15.6. The number of amides is 2. The molecule has 0 aliphatic carbocycles. The van der Waals surface area contributed by atoms with Crippen LogP contribution >= 0.6 is 11.6 Å². The van der Waals surface area contributed by atoms with Gasteiger partial charge in [-0.15, -0.1) is 0 Å². The highest BCUT2D eigenvalue weighted by Crippen LogP contribution is 2.38. The third-order valence-electron chi connectivity index (χ3n) is 4.13. The molecule has 0 spiro atoms. The van der Waals surface area contributed by atoms with Crippen LogP contribution in [-0.4, -0.2) is 43.0 Å². The van der Waals surface area contributed by atoms with Crippen LogP contribution in [0.5, 0.6) is 5.75 Å². The lowest BCUT2D eigenvalue weighted by Crippen LogP contribution is -2.55. The van der Waals surface area contributed by atoms with E-state index < -0.39 is 0 Å². The summed E-state index contributed by atoms with van der Waals surface area (Å²) in [4.78, 5) is 27.1. The van der Waals surface area contributed by atoms with Gasteiger partial charge in [0.05, 0.1) is 10.7 Å². The summed E-state index contributed by atoms with van der Waals surface area (Å²) in [6.07, 6.45) is 2.96. The Balaban J connectivity index is 1.77. The summed E-state index contributed by atoms with van der Waals surface area (Å²) >= 11 is 6.21. The second-order valence-electron chi connectivity index (χ2n) is 5.65. The van der Waals surface area contributed by atoms with E-state index in [2.05, 4.69) is 13.2 Å². The molecule has 0 unspecified atom stereocenters. The number of hydrogen-bond acceptors (Lipinski definition) is 3. The summed E-state index contributed by atoms with van der Waals surface area (Å²) in [7, 11) is 0. The summed E-state index contributed by atoms with van der Waals surface area (Å²) in [5, 5.41) is 0.527.